The van der Waals surface area contributed by atoms with Gasteiger partial charge in [0.2, 0.25) is 6.54 Å². The van der Waals surface area contributed by atoms with Gasteiger partial charge in [0.15, 0.2) is 12.4 Å². The van der Waals surface area contributed by atoms with E-state index in [1.54, 1.807) is 29.1 Å². The van der Waals surface area contributed by atoms with Gasteiger partial charge in [-0.2, -0.15) is 4.57 Å². The van der Waals surface area contributed by atoms with Crippen molar-refractivity contribution in [2.24, 2.45) is 11.6 Å². The Kier molecular flexibility index (Phi) is 5.55. The lowest BCUT2D eigenvalue weighted by Crippen LogP contribution is -2.45. The number of rotatable bonds is 5. The van der Waals surface area contributed by atoms with Crippen LogP contribution < -0.4 is 32.2 Å². The summed E-state index contributed by atoms with van der Waals surface area (Å²) in [5.41, 5.74) is 7.86. The van der Waals surface area contributed by atoms with Crippen LogP contribution in [-0.4, -0.2) is 25.0 Å². The zero-order valence-corrected chi connectivity index (χ0v) is 9.85. The van der Waals surface area contributed by atoms with Gasteiger partial charge in [-0.15, -0.1) is 0 Å². The van der Waals surface area contributed by atoms with E-state index in [1.807, 2.05) is 5.43 Å². The van der Waals surface area contributed by atoms with Crippen LogP contribution in [-0.2, 0) is 11.3 Å². The van der Waals surface area contributed by atoms with E-state index in [0.717, 1.165) is 0 Å². The van der Waals surface area contributed by atoms with Gasteiger partial charge in [-0.25, -0.2) is 10.6 Å². The highest BCUT2D eigenvalue weighted by Crippen LogP contribution is 2.00. The molecule has 3 amide bonds. The number of hydrogen-bond donors (Lipinski definition) is 5. The Hall–Kier alpha value is -2.19. The van der Waals surface area contributed by atoms with Gasteiger partial charge in [-0.1, -0.05) is 0 Å². The van der Waals surface area contributed by atoms with Gasteiger partial charge in [0.25, 0.3) is 5.91 Å². The van der Waals surface area contributed by atoms with E-state index in [2.05, 4.69) is 10.6 Å². The van der Waals surface area contributed by atoms with Crippen LogP contribution in [0.2, 0.25) is 0 Å². The van der Waals surface area contributed by atoms with Crippen molar-refractivity contribution in [1.29, 1.82) is 0 Å². The van der Waals surface area contributed by atoms with Crippen molar-refractivity contribution in [3.63, 3.8) is 0 Å². The maximum Gasteiger partial charge on any atom is 0.319 e. The van der Waals surface area contributed by atoms with Crippen molar-refractivity contribution in [3.8, 4) is 0 Å². The molecule has 0 aliphatic heterocycles. The lowest BCUT2D eigenvalue weighted by molar-refractivity contribution is -0.683. The van der Waals surface area contributed by atoms with Crippen molar-refractivity contribution in [1.82, 2.24) is 10.7 Å². The third-order valence-corrected chi connectivity index (χ3v) is 2.03. The predicted molar refractivity (Wildman–Crippen MR) is 65.0 cm³/mol. The summed E-state index contributed by atoms with van der Waals surface area (Å²) in [4.78, 5) is 22.5. The van der Waals surface area contributed by atoms with Crippen molar-refractivity contribution >= 4 is 17.6 Å². The van der Waals surface area contributed by atoms with Gasteiger partial charge in [0.1, 0.15) is 5.69 Å². The van der Waals surface area contributed by atoms with Crippen LogP contribution in [0.15, 0.2) is 24.5 Å². The molecule has 0 aliphatic carbocycles. The lowest BCUT2D eigenvalue weighted by Gasteiger charge is -2.05. The van der Waals surface area contributed by atoms with Crippen molar-refractivity contribution in [2.45, 2.75) is 6.54 Å². The quantitative estimate of drug-likeness (QED) is 0.181. The minimum atomic E-state index is -0.346. The first-order valence-corrected chi connectivity index (χ1v) is 5.39. The molecule has 0 spiro atoms. The molecule has 18 heavy (non-hydrogen) atoms. The van der Waals surface area contributed by atoms with Gasteiger partial charge >= 0.3 is 6.03 Å². The molecule has 1 heterocycles. The van der Waals surface area contributed by atoms with Gasteiger partial charge < -0.3 is 16.4 Å². The fourth-order valence-electron chi connectivity index (χ4n) is 1.27. The smallest absolute Gasteiger partial charge is 0.319 e. The van der Waals surface area contributed by atoms with E-state index in [4.69, 9.17) is 11.6 Å². The van der Waals surface area contributed by atoms with Gasteiger partial charge in [0.05, 0.1) is 0 Å². The number of hydrazine groups is 1. The number of anilines is 1. The monoisotopic (exact) mass is 253 g/mol. The summed E-state index contributed by atoms with van der Waals surface area (Å²) >= 11 is 0. The highest BCUT2D eigenvalue weighted by molar-refractivity contribution is 5.88. The molecule has 0 radical (unpaired) electrons. The maximum atomic E-state index is 11.4. The van der Waals surface area contributed by atoms with Crippen LogP contribution in [0.25, 0.3) is 0 Å². The highest BCUT2D eigenvalue weighted by atomic mass is 16.2. The molecule has 98 valence electrons. The maximum absolute atomic E-state index is 11.4. The minimum Gasteiger partial charge on any atom is -0.337 e. The second kappa shape index (κ2) is 7.20. The van der Waals surface area contributed by atoms with Crippen LogP contribution in [0.5, 0.6) is 0 Å². The number of pyridine rings is 1. The normalized spacial score (nSPS) is 9.67. The molecule has 0 atom stereocenters. The zero-order valence-electron chi connectivity index (χ0n) is 9.85. The number of nitrogens with one attached hydrogen (secondary N) is 3. The molecule has 0 fully saturated rings. The number of carbonyl (C=O) groups excluding carboxylic acids is 2. The molecule has 0 unspecified atom stereocenters. The van der Waals surface area contributed by atoms with Crippen LogP contribution in [0, 0.1) is 0 Å². The van der Waals surface area contributed by atoms with Crippen LogP contribution >= 0.6 is 0 Å². The molecular formula is C10H17N6O2+. The molecule has 0 saturated heterocycles. The molecule has 8 nitrogen and oxygen atoms in total. The summed E-state index contributed by atoms with van der Waals surface area (Å²) in [6, 6.07) is 3.07. The first kappa shape index (κ1) is 13.9. The average Bonchev–Trinajstić information content (AvgIpc) is 2.36. The topological polar surface area (TPSA) is 126 Å². The second-order valence-electron chi connectivity index (χ2n) is 3.50. The fraction of sp³-hybridized carbons (Fsp3) is 0.300. The standard InChI is InChI=1S/C10H16N6O2/c11-3-4-13-10(18)14-8-2-1-5-16(6-8)7-9(17)15-12/h1-2,5-6H,3-4,7,11-12H2,(H2-,13,14,15,17,18)/p+1. The van der Waals surface area contributed by atoms with E-state index in [9.17, 15) is 9.59 Å². The Bertz CT molecular complexity index is 423. The van der Waals surface area contributed by atoms with Gasteiger partial charge in [0, 0.05) is 19.2 Å². The summed E-state index contributed by atoms with van der Waals surface area (Å²) in [5, 5.41) is 5.19. The SMILES string of the molecule is NCCNC(=O)Nc1ccc[n+](CC(=O)NN)c1. The summed E-state index contributed by atoms with van der Waals surface area (Å²) in [6.45, 7) is 0.851. The number of nitrogens with two attached hydrogens (primary N) is 2. The minimum absolute atomic E-state index is 0.0798. The van der Waals surface area contributed by atoms with Crippen LogP contribution in [0.3, 0.4) is 0 Å². The Balaban J connectivity index is 2.59. The Labute approximate surface area is 104 Å². The molecule has 1 rings (SSSR count). The fourth-order valence-corrected chi connectivity index (χ4v) is 1.27. The third-order valence-electron chi connectivity index (χ3n) is 2.03. The Morgan fingerprint density at radius 3 is 2.83 bits per heavy atom. The van der Waals surface area contributed by atoms with Gasteiger partial charge in [-0.3, -0.25) is 10.2 Å². The number of carbonyl (C=O) groups is 2. The number of amides is 3. The number of hydrogen-bond acceptors (Lipinski definition) is 4. The molecule has 8 heteroatoms. The van der Waals surface area contributed by atoms with Crippen LogP contribution in [0.4, 0.5) is 10.5 Å². The Morgan fingerprint density at radius 1 is 1.39 bits per heavy atom. The molecule has 0 bridgehead atoms. The number of aromatic nitrogens is 1. The third kappa shape index (κ3) is 4.76. The first-order valence-electron chi connectivity index (χ1n) is 5.39. The van der Waals surface area contributed by atoms with E-state index < -0.39 is 0 Å². The summed E-state index contributed by atoms with van der Waals surface area (Å²) in [5.74, 6) is 4.66. The van der Waals surface area contributed by atoms with Crippen molar-refractivity contribution < 1.29 is 14.2 Å². The van der Waals surface area contributed by atoms with E-state index in [-0.39, 0.29) is 18.5 Å². The average molecular weight is 253 g/mol. The molecule has 1 aromatic rings. The number of urea groups is 1. The van der Waals surface area contributed by atoms with Crippen molar-refractivity contribution in [2.75, 3.05) is 18.4 Å². The Morgan fingerprint density at radius 2 is 2.17 bits per heavy atom. The number of nitrogens with zero attached hydrogens (tertiary/aromatic N) is 1. The molecular weight excluding hydrogens is 236 g/mol. The van der Waals surface area contributed by atoms with Crippen LogP contribution in [0.1, 0.15) is 0 Å². The summed E-state index contributed by atoms with van der Waals surface area (Å²) in [6.07, 6.45) is 3.31. The van der Waals surface area contributed by atoms with E-state index >= 15 is 0 Å². The second-order valence-corrected chi connectivity index (χ2v) is 3.50. The molecule has 0 aromatic carbocycles. The van der Waals surface area contributed by atoms with Crippen molar-refractivity contribution in [3.05, 3.63) is 24.5 Å². The summed E-state index contributed by atoms with van der Waals surface area (Å²) in [7, 11) is 0. The molecule has 1 aromatic heterocycles. The lowest BCUT2D eigenvalue weighted by atomic mass is 10.4. The molecule has 0 aliphatic rings. The summed E-state index contributed by atoms with van der Waals surface area (Å²) < 4.78 is 1.60. The van der Waals surface area contributed by atoms with E-state index in [1.165, 1.54) is 0 Å². The zero-order chi connectivity index (χ0) is 13.4. The highest BCUT2D eigenvalue weighted by Gasteiger charge is 2.09. The first-order chi connectivity index (χ1) is 8.65. The molecule has 0 saturated carbocycles. The largest absolute Gasteiger partial charge is 0.337 e. The predicted octanol–water partition coefficient (Wildman–Crippen LogP) is -1.96. The molecule has 7 N–H and O–H groups in total. The van der Waals surface area contributed by atoms with E-state index in [0.29, 0.717) is 18.8 Å². The van der Waals surface area contributed by atoms with Gasteiger partial charge in [-0.05, 0) is 6.07 Å².